The first-order valence-corrected chi connectivity index (χ1v) is 8.32. The fraction of sp³-hybridized carbons (Fsp3) is 0.353. The van der Waals surface area contributed by atoms with Gasteiger partial charge in [-0.15, -0.1) is 0 Å². The summed E-state index contributed by atoms with van der Waals surface area (Å²) in [7, 11) is 0. The lowest BCUT2D eigenvalue weighted by atomic mass is 9.85. The Morgan fingerprint density at radius 2 is 1.75 bits per heavy atom. The Balaban J connectivity index is 1.59. The van der Waals surface area contributed by atoms with E-state index in [2.05, 4.69) is 0 Å². The third kappa shape index (κ3) is 3.32. The van der Waals surface area contributed by atoms with Crippen molar-refractivity contribution in [3.05, 3.63) is 46.0 Å². The number of nitrogens with zero attached hydrogens (tertiary/aromatic N) is 1. The van der Waals surface area contributed by atoms with Crippen molar-refractivity contribution in [3.8, 4) is 0 Å². The van der Waals surface area contributed by atoms with E-state index in [9.17, 15) is 14.4 Å². The number of imide groups is 1. The van der Waals surface area contributed by atoms with Crippen molar-refractivity contribution in [2.45, 2.75) is 19.4 Å². The fourth-order valence-electron chi connectivity index (χ4n) is 3.00. The molecule has 3 rings (SSSR count). The lowest BCUT2D eigenvalue weighted by Crippen LogP contribution is -2.36. The Morgan fingerprint density at radius 3 is 2.33 bits per heavy atom. The van der Waals surface area contributed by atoms with E-state index in [4.69, 9.17) is 27.9 Å². The predicted octanol–water partition coefficient (Wildman–Crippen LogP) is 2.99. The SMILES string of the molecule is O=C(CN1C(=O)[C@H]2CC=CC[C@@H]2C1=O)OCc1ccc(Cl)cc1Cl. The van der Waals surface area contributed by atoms with Crippen LogP contribution < -0.4 is 0 Å². The molecule has 2 atom stereocenters. The molecule has 1 fully saturated rings. The lowest BCUT2D eigenvalue weighted by molar-refractivity contribution is -0.153. The molecule has 24 heavy (non-hydrogen) atoms. The number of benzene rings is 1. The number of likely N-dealkylation sites (tertiary alicyclic amines) is 1. The summed E-state index contributed by atoms with van der Waals surface area (Å²) in [5.41, 5.74) is 0.603. The second-order valence-corrected chi connectivity index (χ2v) is 6.66. The quantitative estimate of drug-likeness (QED) is 0.466. The molecule has 1 saturated heterocycles. The summed E-state index contributed by atoms with van der Waals surface area (Å²) in [6.07, 6.45) is 4.88. The van der Waals surface area contributed by atoms with Crippen LogP contribution in [-0.4, -0.2) is 29.2 Å². The van der Waals surface area contributed by atoms with E-state index in [0.29, 0.717) is 28.5 Å². The van der Waals surface area contributed by atoms with E-state index < -0.39 is 5.97 Å². The molecule has 1 aromatic carbocycles. The maximum atomic E-state index is 12.3. The Hall–Kier alpha value is -1.85. The second kappa shape index (κ2) is 6.95. The summed E-state index contributed by atoms with van der Waals surface area (Å²) in [5.74, 6) is -1.93. The van der Waals surface area contributed by atoms with Crippen LogP contribution in [0.3, 0.4) is 0 Å². The van der Waals surface area contributed by atoms with Gasteiger partial charge in [0.2, 0.25) is 11.8 Å². The van der Waals surface area contributed by atoms with Crippen molar-refractivity contribution in [1.29, 1.82) is 0 Å². The summed E-state index contributed by atoms with van der Waals surface area (Å²) in [4.78, 5) is 37.6. The zero-order chi connectivity index (χ0) is 17.3. The fourth-order valence-corrected chi connectivity index (χ4v) is 3.46. The van der Waals surface area contributed by atoms with Crippen molar-refractivity contribution in [3.63, 3.8) is 0 Å². The van der Waals surface area contributed by atoms with Crippen LogP contribution in [0.25, 0.3) is 0 Å². The van der Waals surface area contributed by atoms with Gasteiger partial charge < -0.3 is 4.74 Å². The van der Waals surface area contributed by atoms with E-state index in [0.717, 1.165) is 4.90 Å². The number of rotatable bonds is 4. The molecule has 2 amide bonds. The highest BCUT2D eigenvalue weighted by molar-refractivity contribution is 6.35. The van der Waals surface area contributed by atoms with Crippen LogP contribution in [0.15, 0.2) is 30.4 Å². The molecular formula is C17H15Cl2NO4. The number of esters is 1. The van der Waals surface area contributed by atoms with E-state index in [1.54, 1.807) is 18.2 Å². The maximum Gasteiger partial charge on any atom is 0.326 e. The molecular weight excluding hydrogens is 353 g/mol. The smallest absolute Gasteiger partial charge is 0.326 e. The molecule has 5 nitrogen and oxygen atoms in total. The third-order valence-electron chi connectivity index (χ3n) is 4.29. The summed E-state index contributed by atoms with van der Waals surface area (Å²) in [5, 5.41) is 0.875. The average Bonchev–Trinajstić information content (AvgIpc) is 2.79. The number of halogens is 2. The van der Waals surface area contributed by atoms with Crippen LogP contribution in [0.4, 0.5) is 0 Å². The number of carbonyl (C=O) groups is 3. The van der Waals surface area contributed by atoms with Crippen LogP contribution in [0.5, 0.6) is 0 Å². The van der Waals surface area contributed by atoms with Crippen molar-refractivity contribution in [2.75, 3.05) is 6.54 Å². The zero-order valence-corrected chi connectivity index (χ0v) is 14.2. The van der Waals surface area contributed by atoms with Gasteiger partial charge in [0, 0.05) is 15.6 Å². The maximum absolute atomic E-state index is 12.3. The van der Waals surface area contributed by atoms with Crippen LogP contribution in [0, 0.1) is 11.8 Å². The Bertz CT molecular complexity index is 705. The Morgan fingerprint density at radius 1 is 1.12 bits per heavy atom. The monoisotopic (exact) mass is 367 g/mol. The summed E-state index contributed by atoms with van der Waals surface area (Å²) in [6, 6.07) is 4.85. The van der Waals surface area contributed by atoms with E-state index >= 15 is 0 Å². The minimum atomic E-state index is -0.644. The normalized spacial score (nSPS) is 22.7. The summed E-state index contributed by atoms with van der Waals surface area (Å²) >= 11 is 11.8. The predicted molar refractivity (Wildman–Crippen MR) is 88.3 cm³/mol. The van der Waals surface area contributed by atoms with E-state index in [-0.39, 0.29) is 36.8 Å². The molecule has 0 unspecified atom stereocenters. The molecule has 0 spiro atoms. The number of allylic oxidation sites excluding steroid dienone is 2. The minimum Gasteiger partial charge on any atom is -0.459 e. The average molecular weight is 368 g/mol. The van der Waals surface area contributed by atoms with Crippen LogP contribution in [0.2, 0.25) is 10.0 Å². The largest absolute Gasteiger partial charge is 0.459 e. The van der Waals surface area contributed by atoms with Gasteiger partial charge in [-0.25, -0.2) is 0 Å². The molecule has 0 aromatic heterocycles. The van der Waals surface area contributed by atoms with Crippen molar-refractivity contribution >= 4 is 41.0 Å². The second-order valence-electron chi connectivity index (χ2n) is 5.81. The highest BCUT2D eigenvalue weighted by atomic mass is 35.5. The molecule has 0 N–H and O–H groups in total. The van der Waals surface area contributed by atoms with E-state index in [1.165, 1.54) is 0 Å². The van der Waals surface area contributed by atoms with Gasteiger partial charge in [-0.1, -0.05) is 41.4 Å². The highest BCUT2D eigenvalue weighted by Gasteiger charge is 2.47. The van der Waals surface area contributed by atoms with Gasteiger partial charge in [0.25, 0.3) is 0 Å². The molecule has 1 aromatic rings. The van der Waals surface area contributed by atoms with Crippen molar-refractivity contribution in [2.24, 2.45) is 11.8 Å². The van der Waals surface area contributed by atoms with Gasteiger partial charge in [0.05, 0.1) is 11.8 Å². The number of hydrogen-bond acceptors (Lipinski definition) is 4. The van der Waals surface area contributed by atoms with E-state index in [1.807, 2.05) is 12.2 Å². The first-order chi connectivity index (χ1) is 11.5. The first-order valence-electron chi connectivity index (χ1n) is 7.57. The molecule has 7 heteroatoms. The molecule has 0 bridgehead atoms. The van der Waals surface area contributed by atoms with Gasteiger partial charge in [-0.05, 0) is 25.0 Å². The number of hydrogen-bond donors (Lipinski definition) is 0. The Labute approximate surface area is 149 Å². The highest BCUT2D eigenvalue weighted by Crippen LogP contribution is 2.34. The third-order valence-corrected chi connectivity index (χ3v) is 4.88. The van der Waals surface area contributed by atoms with Gasteiger partial charge in [-0.3, -0.25) is 19.3 Å². The Kier molecular flexibility index (Phi) is 4.92. The zero-order valence-electron chi connectivity index (χ0n) is 12.7. The van der Waals surface area contributed by atoms with Gasteiger partial charge in [-0.2, -0.15) is 0 Å². The molecule has 2 aliphatic rings. The number of carbonyl (C=O) groups excluding carboxylic acids is 3. The van der Waals surface area contributed by atoms with Crippen LogP contribution in [0.1, 0.15) is 18.4 Å². The number of amides is 2. The van der Waals surface area contributed by atoms with Gasteiger partial charge in [0.1, 0.15) is 13.2 Å². The minimum absolute atomic E-state index is 0.0422. The van der Waals surface area contributed by atoms with Crippen molar-refractivity contribution in [1.82, 2.24) is 4.90 Å². The molecule has 1 aliphatic heterocycles. The van der Waals surface area contributed by atoms with Crippen LogP contribution in [-0.2, 0) is 25.7 Å². The molecule has 126 valence electrons. The van der Waals surface area contributed by atoms with Gasteiger partial charge in [0.15, 0.2) is 0 Å². The first kappa shape index (κ1) is 17.0. The van der Waals surface area contributed by atoms with Gasteiger partial charge >= 0.3 is 5.97 Å². The summed E-state index contributed by atoms with van der Waals surface area (Å²) in [6.45, 7) is -0.407. The topological polar surface area (TPSA) is 63.7 Å². The summed E-state index contributed by atoms with van der Waals surface area (Å²) < 4.78 is 5.13. The molecule has 0 saturated carbocycles. The lowest BCUT2D eigenvalue weighted by Gasteiger charge is -2.14. The molecule has 0 radical (unpaired) electrons. The number of ether oxygens (including phenoxy) is 1. The van der Waals surface area contributed by atoms with Crippen molar-refractivity contribution < 1.29 is 19.1 Å². The van der Waals surface area contributed by atoms with Crippen LogP contribution >= 0.6 is 23.2 Å². The molecule has 1 aliphatic carbocycles. The molecule has 1 heterocycles. The number of fused-ring (bicyclic) bond motifs is 1. The standard InChI is InChI=1S/C17H15Cl2NO4/c18-11-6-5-10(14(19)7-11)9-24-15(21)8-20-16(22)12-3-1-2-4-13(12)17(20)23/h1-2,5-7,12-13H,3-4,8-9H2/t12-,13-/m0/s1.